The first-order chi connectivity index (χ1) is 15.7. The van der Waals surface area contributed by atoms with Gasteiger partial charge in [0.1, 0.15) is 2.74 Å². The maximum atomic E-state index is 11.5. The zero-order chi connectivity index (χ0) is 23.9. The fourth-order valence-corrected chi connectivity index (χ4v) is 2.27. The van der Waals surface area contributed by atoms with Crippen LogP contribution in [-0.4, -0.2) is 15.3 Å². The number of aromatic amines is 2. The van der Waals surface area contributed by atoms with E-state index in [9.17, 15) is 9.59 Å². The van der Waals surface area contributed by atoms with E-state index in [4.69, 9.17) is 12.7 Å². The number of nitrogens with one attached hydrogen (secondary N) is 2. The molecule has 0 unspecified atom stereocenters. The Hall–Kier alpha value is -3.46. The van der Waals surface area contributed by atoms with E-state index in [0.29, 0.717) is 0 Å². The molecule has 4 aromatic heterocycles. The third-order valence-corrected chi connectivity index (χ3v) is 3.53. The van der Waals surface area contributed by atoms with E-state index < -0.39 is 17.3 Å². The maximum Gasteiger partial charge on any atom is 0.288 e. The average Bonchev–Trinajstić information content (AvgIpc) is 3.38. The Bertz CT molecular complexity index is 1610. The van der Waals surface area contributed by atoms with Crippen LogP contribution in [0.5, 0.6) is 0 Å². The molecule has 0 aliphatic carbocycles. The molecule has 142 valence electrons. The highest BCUT2D eigenvalue weighted by Crippen LogP contribution is 2.05. The number of pyridine rings is 2. The summed E-state index contributed by atoms with van der Waals surface area (Å²) in [6.07, 6.45) is -0.986. The van der Waals surface area contributed by atoms with Gasteiger partial charge in [0, 0.05) is 17.8 Å². The van der Waals surface area contributed by atoms with Crippen molar-refractivity contribution in [1.82, 2.24) is 15.3 Å². The number of H-pyrrole nitrogens is 2. The Balaban J connectivity index is 0.000000201. The number of benzene rings is 1. The highest BCUT2D eigenvalue weighted by Gasteiger charge is 2.09. The van der Waals surface area contributed by atoms with Crippen LogP contribution in [0.2, 0.25) is 0 Å². The van der Waals surface area contributed by atoms with E-state index in [-0.39, 0.29) is 76.1 Å². The van der Waals surface area contributed by atoms with Crippen molar-refractivity contribution >= 4 is 21.9 Å². The molecule has 0 amide bonds. The predicted octanol–water partition coefficient (Wildman–Crippen LogP) is -1.02. The van der Waals surface area contributed by atoms with Crippen molar-refractivity contribution in [2.75, 3.05) is 0 Å². The second-order valence-electron chi connectivity index (χ2n) is 5.36. The second kappa shape index (κ2) is 8.49. The minimum Gasteiger partial charge on any atom is -1.00 e. The highest BCUT2D eigenvalue weighted by atomic mass is 79.9. The summed E-state index contributed by atoms with van der Waals surface area (Å²) in [5, 5.41) is 3.96. The minimum absolute atomic E-state index is 0. The van der Waals surface area contributed by atoms with Gasteiger partial charge in [-0.05, 0) is 6.04 Å². The van der Waals surface area contributed by atoms with E-state index >= 15 is 0 Å². The molecule has 8 nitrogen and oxygen atoms in total. The first-order valence-electron chi connectivity index (χ1n) is 10.7. The van der Waals surface area contributed by atoms with Crippen molar-refractivity contribution in [2.45, 2.75) is 6.54 Å². The topological polar surface area (TPSA) is 109 Å². The molecule has 2 N–H and O–H groups in total. The molecule has 9 heteroatoms. The van der Waals surface area contributed by atoms with Crippen LogP contribution in [0.25, 0.3) is 21.9 Å². The van der Waals surface area contributed by atoms with Gasteiger partial charge >= 0.3 is 0 Å². The molecule has 4 heterocycles. The molecule has 0 saturated heterocycles. The number of halogens is 1. The summed E-state index contributed by atoms with van der Waals surface area (Å²) in [5.74, 6) is 0. The standard InChI is InChI=1S/C13H10N2O2.C6H4N2O2.BrH/c16-13-11-6-7-15(9-12(11)17-14-13)8-10-4-2-1-3-5-10;9-6-4-1-2-7-3-5(4)10-8-6;/h1-7,9H,8H2;1-3H,(H,8,9);1H/i6D,7D,9D;1D,2D,3D;. The van der Waals surface area contributed by atoms with Gasteiger partial charge in [0.25, 0.3) is 11.1 Å². The van der Waals surface area contributed by atoms with Crippen LogP contribution in [0.1, 0.15) is 13.8 Å². The first kappa shape index (κ1) is 12.8. The molecule has 5 rings (SSSR count). The van der Waals surface area contributed by atoms with Crippen molar-refractivity contribution in [3.8, 4) is 0 Å². The molecule has 0 spiro atoms. The number of hydrogen-bond donors (Lipinski definition) is 2. The van der Waals surface area contributed by atoms with E-state index in [0.717, 1.165) is 5.56 Å². The largest absolute Gasteiger partial charge is 1.00 e. The highest BCUT2D eigenvalue weighted by molar-refractivity contribution is 5.74. The second-order valence-corrected chi connectivity index (χ2v) is 5.36. The Morgan fingerprint density at radius 3 is 2.43 bits per heavy atom. The first-order valence-corrected chi connectivity index (χ1v) is 7.70. The smallest absolute Gasteiger partial charge is 0.288 e. The number of nitrogens with zero attached hydrogens (tertiary/aromatic N) is 2. The monoisotopic (exact) mass is 448 g/mol. The summed E-state index contributed by atoms with van der Waals surface area (Å²) in [5.41, 5.74) is -0.364. The van der Waals surface area contributed by atoms with E-state index in [1.165, 1.54) is 4.57 Å². The number of fused-ring (bicyclic) bond motifs is 2. The minimum atomic E-state index is -0.607. The molecule has 0 aliphatic heterocycles. The van der Waals surface area contributed by atoms with Crippen LogP contribution in [0.15, 0.2) is 85.7 Å². The van der Waals surface area contributed by atoms with Crippen LogP contribution in [-0.2, 0) is 6.54 Å². The molecular formula is C19H15BrN4O4. The Kier molecular flexibility index (Phi) is 3.89. The SMILES string of the molecule is [2H]c1c([2H])[n+](Cc2ccccc2)c([2H])c2o[nH]c(=O)c12.[2H]c1nc([2H])c2o[nH]c(=O)c2c1[2H].[Br-]. The van der Waals surface area contributed by atoms with Crippen molar-refractivity contribution < 1.29 is 38.8 Å². The molecule has 28 heavy (non-hydrogen) atoms. The Morgan fingerprint density at radius 2 is 1.68 bits per heavy atom. The number of aromatic nitrogens is 4. The summed E-state index contributed by atoms with van der Waals surface area (Å²) in [6.45, 7) is 0.273. The van der Waals surface area contributed by atoms with Gasteiger partial charge in [-0.2, -0.15) is 14.9 Å². The lowest BCUT2D eigenvalue weighted by Gasteiger charge is -1.96. The van der Waals surface area contributed by atoms with Gasteiger partial charge < -0.3 is 26.0 Å². The van der Waals surface area contributed by atoms with Crippen LogP contribution in [0, 0.1) is 0 Å². The summed E-state index contributed by atoms with van der Waals surface area (Å²) in [7, 11) is 0. The quantitative estimate of drug-likeness (QED) is 0.336. The van der Waals surface area contributed by atoms with Gasteiger partial charge in [0.15, 0.2) is 18.3 Å². The van der Waals surface area contributed by atoms with E-state index in [1.54, 1.807) is 0 Å². The molecule has 0 bridgehead atoms. The molecule has 0 radical (unpaired) electrons. The van der Waals surface area contributed by atoms with Crippen LogP contribution in [0.3, 0.4) is 0 Å². The molecule has 5 aromatic rings. The summed E-state index contributed by atoms with van der Waals surface area (Å²) < 4.78 is 56.5. The zero-order valence-corrected chi connectivity index (χ0v) is 15.6. The number of rotatable bonds is 2. The van der Waals surface area contributed by atoms with Crippen molar-refractivity contribution in [3.63, 3.8) is 0 Å². The molecule has 0 aliphatic rings. The van der Waals surface area contributed by atoms with Gasteiger partial charge in [-0.25, -0.2) is 0 Å². The zero-order valence-electron chi connectivity index (χ0n) is 20.0. The van der Waals surface area contributed by atoms with Crippen molar-refractivity contribution in [2.24, 2.45) is 0 Å². The van der Waals surface area contributed by atoms with Gasteiger partial charge in [0.05, 0.1) is 22.4 Å². The Morgan fingerprint density at radius 1 is 1.00 bits per heavy atom. The normalized spacial score (nSPS) is 13.3. The molecule has 0 saturated carbocycles. The average molecular weight is 449 g/mol. The lowest BCUT2D eigenvalue weighted by molar-refractivity contribution is -0.687. The summed E-state index contributed by atoms with van der Waals surface area (Å²) in [6, 6.07) is 8.78. The summed E-state index contributed by atoms with van der Waals surface area (Å²) in [4.78, 5) is 26.0. The van der Waals surface area contributed by atoms with Crippen LogP contribution >= 0.6 is 0 Å². The van der Waals surface area contributed by atoms with Crippen LogP contribution < -0.4 is 32.7 Å². The maximum absolute atomic E-state index is 11.5. The van der Waals surface area contributed by atoms with Gasteiger partial charge in [-0.3, -0.25) is 14.6 Å². The Labute approximate surface area is 176 Å². The number of hydrogen-bond acceptors (Lipinski definition) is 5. The third kappa shape index (κ3) is 4.09. The fourth-order valence-electron chi connectivity index (χ4n) is 2.27. The van der Waals surface area contributed by atoms with Crippen molar-refractivity contribution in [1.29, 1.82) is 0 Å². The molecule has 0 atom stereocenters. The summed E-state index contributed by atoms with van der Waals surface area (Å²) >= 11 is 0. The van der Waals surface area contributed by atoms with Gasteiger partial charge in [0.2, 0.25) is 11.8 Å². The van der Waals surface area contributed by atoms with Crippen LogP contribution in [0.4, 0.5) is 0 Å². The van der Waals surface area contributed by atoms with Gasteiger partial charge in [-0.1, -0.05) is 30.3 Å². The fraction of sp³-hybridized carbons (Fsp3) is 0.0526. The molecule has 1 aromatic carbocycles. The van der Waals surface area contributed by atoms with E-state index in [1.807, 2.05) is 35.5 Å². The molecular weight excluding hydrogens is 428 g/mol. The van der Waals surface area contributed by atoms with E-state index in [2.05, 4.69) is 14.7 Å². The van der Waals surface area contributed by atoms with Gasteiger partial charge in [-0.15, -0.1) is 0 Å². The lowest BCUT2D eigenvalue weighted by atomic mass is 10.2. The lowest BCUT2D eigenvalue weighted by Crippen LogP contribution is -3.00. The van der Waals surface area contributed by atoms with Crippen molar-refractivity contribution in [3.05, 3.63) is 93.4 Å². The predicted molar refractivity (Wildman–Crippen MR) is 97.2 cm³/mol. The molecule has 0 fully saturated rings. The third-order valence-electron chi connectivity index (χ3n) is 3.53.